The first-order valence-corrected chi connectivity index (χ1v) is 5.90. The minimum absolute atomic E-state index is 0.0798. The highest BCUT2D eigenvalue weighted by atomic mass is 16.5. The van der Waals surface area contributed by atoms with E-state index >= 15 is 0 Å². The van der Waals surface area contributed by atoms with Gasteiger partial charge in [0, 0.05) is 31.4 Å². The van der Waals surface area contributed by atoms with Crippen LogP contribution >= 0.6 is 0 Å². The van der Waals surface area contributed by atoms with Crippen molar-refractivity contribution in [2.75, 3.05) is 0 Å². The lowest BCUT2D eigenvalue weighted by Crippen LogP contribution is -2.19. The minimum atomic E-state index is -0.0798. The van der Waals surface area contributed by atoms with E-state index < -0.39 is 0 Å². The van der Waals surface area contributed by atoms with Crippen LogP contribution in [-0.2, 0) is 13.1 Å². The zero-order chi connectivity index (χ0) is 13.1. The van der Waals surface area contributed by atoms with Crippen molar-refractivity contribution in [1.29, 1.82) is 0 Å². The standard InChI is InChI=1S/C13H12N4O2/c18-13-7-11(9-14-8-10-4-6-19-16-10)15-12-3-1-2-5-17(12)13/h1-7,14H,8-9H2. The Morgan fingerprint density at radius 3 is 2.95 bits per heavy atom. The molecule has 0 saturated carbocycles. The van der Waals surface area contributed by atoms with Crippen LogP contribution in [0.2, 0.25) is 0 Å². The molecule has 0 aromatic carbocycles. The van der Waals surface area contributed by atoms with Crippen molar-refractivity contribution < 1.29 is 4.52 Å². The van der Waals surface area contributed by atoms with E-state index in [4.69, 9.17) is 4.52 Å². The molecule has 0 aliphatic rings. The van der Waals surface area contributed by atoms with E-state index in [1.165, 1.54) is 16.7 Å². The Morgan fingerprint density at radius 1 is 1.21 bits per heavy atom. The molecule has 3 heterocycles. The molecule has 0 aliphatic heterocycles. The molecule has 0 aliphatic carbocycles. The highest BCUT2D eigenvalue weighted by molar-refractivity contribution is 5.37. The van der Waals surface area contributed by atoms with Gasteiger partial charge in [0.1, 0.15) is 11.9 Å². The summed E-state index contributed by atoms with van der Waals surface area (Å²) in [5, 5.41) is 6.95. The fourth-order valence-corrected chi connectivity index (χ4v) is 1.84. The highest BCUT2D eigenvalue weighted by Crippen LogP contribution is 1.99. The van der Waals surface area contributed by atoms with E-state index in [0.29, 0.717) is 24.4 Å². The van der Waals surface area contributed by atoms with Gasteiger partial charge in [0.05, 0.1) is 11.4 Å². The number of hydrogen-bond acceptors (Lipinski definition) is 5. The topological polar surface area (TPSA) is 72.4 Å². The quantitative estimate of drug-likeness (QED) is 0.753. The maximum absolute atomic E-state index is 11.9. The molecular weight excluding hydrogens is 244 g/mol. The van der Waals surface area contributed by atoms with E-state index in [-0.39, 0.29) is 5.56 Å². The average molecular weight is 256 g/mol. The summed E-state index contributed by atoms with van der Waals surface area (Å²) in [6.07, 6.45) is 3.23. The summed E-state index contributed by atoms with van der Waals surface area (Å²) in [5.74, 6) is 0. The van der Waals surface area contributed by atoms with Gasteiger partial charge in [-0.25, -0.2) is 4.98 Å². The first kappa shape index (κ1) is 11.6. The third kappa shape index (κ3) is 2.53. The number of aromatic nitrogens is 3. The lowest BCUT2D eigenvalue weighted by molar-refractivity contribution is 0.408. The summed E-state index contributed by atoms with van der Waals surface area (Å²) >= 11 is 0. The van der Waals surface area contributed by atoms with Gasteiger partial charge in [-0.1, -0.05) is 11.2 Å². The Balaban J connectivity index is 1.76. The predicted molar refractivity (Wildman–Crippen MR) is 68.5 cm³/mol. The zero-order valence-corrected chi connectivity index (χ0v) is 10.1. The monoisotopic (exact) mass is 256 g/mol. The van der Waals surface area contributed by atoms with Gasteiger partial charge in [-0.15, -0.1) is 0 Å². The van der Waals surface area contributed by atoms with Gasteiger partial charge in [0.2, 0.25) is 0 Å². The fraction of sp³-hybridized carbons (Fsp3) is 0.154. The Bertz CT molecular complexity index is 734. The summed E-state index contributed by atoms with van der Waals surface area (Å²) in [5.41, 5.74) is 2.09. The number of nitrogens with one attached hydrogen (secondary N) is 1. The molecule has 6 heteroatoms. The van der Waals surface area contributed by atoms with Crippen molar-refractivity contribution in [1.82, 2.24) is 19.9 Å². The molecule has 0 radical (unpaired) electrons. The SMILES string of the molecule is O=c1cc(CNCc2ccon2)nc2ccccn12. The Morgan fingerprint density at radius 2 is 2.11 bits per heavy atom. The third-order valence-electron chi connectivity index (χ3n) is 2.73. The van der Waals surface area contributed by atoms with Crippen molar-refractivity contribution in [3.63, 3.8) is 0 Å². The molecule has 0 fully saturated rings. The maximum Gasteiger partial charge on any atom is 0.258 e. The lowest BCUT2D eigenvalue weighted by Gasteiger charge is -2.04. The van der Waals surface area contributed by atoms with Gasteiger partial charge in [-0.05, 0) is 12.1 Å². The van der Waals surface area contributed by atoms with Crippen LogP contribution in [0.3, 0.4) is 0 Å². The van der Waals surface area contributed by atoms with Crippen LogP contribution < -0.4 is 10.9 Å². The summed E-state index contributed by atoms with van der Waals surface area (Å²) in [6.45, 7) is 1.08. The maximum atomic E-state index is 11.9. The molecule has 3 aromatic heterocycles. The van der Waals surface area contributed by atoms with Crippen LogP contribution in [0, 0.1) is 0 Å². The van der Waals surface area contributed by atoms with E-state index in [0.717, 1.165) is 5.69 Å². The molecule has 0 bridgehead atoms. The summed E-state index contributed by atoms with van der Waals surface area (Å²) in [4.78, 5) is 16.3. The Kier molecular flexibility index (Phi) is 3.07. The fourth-order valence-electron chi connectivity index (χ4n) is 1.84. The van der Waals surface area contributed by atoms with Gasteiger partial charge >= 0.3 is 0 Å². The molecule has 0 spiro atoms. The smallest absolute Gasteiger partial charge is 0.258 e. The lowest BCUT2D eigenvalue weighted by atomic mass is 10.3. The molecule has 0 amide bonds. The van der Waals surface area contributed by atoms with Crippen LogP contribution in [0.1, 0.15) is 11.4 Å². The summed E-state index contributed by atoms with van der Waals surface area (Å²) in [7, 11) is 0. The van der Waals surface area contributed by atoms with Crippen LogP contribution in [0.15, 0.2) is 52.1 Å². The molecule has 1 N–H and O–H groups in total. The molecule has 3 aromatic rings. The van der Waals surface area contributed by atoms with Crippen LogP contribution in [0.25, 0.3) is 5.65 Å². The van der Waals surface area contributed by atoms with Crippen molar-refractivity contribution in [3.05, 3.63) is 64.5 Å². The van der Waals surface area contributed by atoms with E-state index in [2.05, 4.69) is 15.5 Å². The predicted octanol–water partition coefficient (Wildman–Crippen LogP) is 0.972. The largest absolute Gasteiger partial charge is 0.364 e. The summed E-state index contributed by atoms with van der Waals surface area (Å²) in [6, 6.07) is 8.79. The Hall–Kier alpha value is -2.47. The third-order valence-corrected chi connectivity index (χ3v) is 2.73. The van der Waals surface area contributed by atoms with Gasteiger partial charge in [0.25, 0.3) is 5.56 Å². The van der Waals surface area contributed by atoms with Gasteiger partial charge in [-0.2, -0.15) is 0 Å². The molecule has 0 saturated heterocycles. The normalized spacial score (nSPS) is 10.9. The number of hydrogen-bond donors (Lipinski definition) is 1. The molecule has 19 heavy (non-hydrogen) atoms. The van der Waals surface area contributed by atoms with Crippen LogP contribution in [0.5, 0.6) is 0 Å². The van der Waals surface area contributed by atoms with Gasteiger partial charge in [-0.3, -0.25) is 9.20 Å². The molecule has 96 valence electrons. The Labute approximate surface area is 108 Å². The van der Waals surface area contributed by atoms with Crippen molar-refractivity contribution in [3.8, 4) is 0 Å². The molecular formula is C13H12N4O2. The molecule has 3 rings (SSSR count). The van der Waals surface area contributed by atoms with Crippen molar-refractivity contribution >= 4 is 5.65 Å². The first-order valence-electron chi connectivity index (χ1n) is 5.90. The van der Waals surface area contributed by atoms with Crippen molar-refractivity contribution in [2.45, 2.75) is 13.1 Å². The van der Waals surface area contributed by atoms with Crippen molar-refractivity contribution in [2.24, 2.45) is 0 Å². The van der Waals surface area contributed by atoms with Crippen LogP contribution in [0.4, 0.5) is 0 Å². The molecule has 6 nitrogen and oxygen atoms in total. The number of fused-ring (bicyclic) bond motifs is 1. The van der Waals surface area contributed by atoms with Gasteiger partial charge < -0.3 is 9.84 Å². The van der Waals surface area contributed by atoms with E-state index in [1.807, 2.05) is 12.1 Å². The first-order chi connectivity index (χ1) is 9.33. The average Bonchev–Trinajstić information content (AvgIpc) is 2.92. The van der Waals surface area contributed by atoms with E-state index in [1.54, 1.807) is 18.3 Å². The minimum Gasteiger partial charge on any atom is -0.364 e. The second-order valence-electron chi connectivity index (χ2n) is 4.11. The number of rotatable bonds is 4. The molecule has 0 atom stereocenters. The number of pyridine rings is 1. The van der Waals surface area contributed by atoms with Gasteiger partial charge in [0.15, 0.2) is 0 Å². The van der Waals surface area contributed by atoms with Crippen LogP contribution in [-0.4, -0.2) is 14.5 Å². The number of nitrogens with zero attached hydrogens (tertiary/aromatic N) is 3. The second kappa shape index (κ2) is 5.03. The zero-order valence-electron chi connectivity index (χ0n) is 10.1. The highest BCUT2D eigenvalue weighted by Gasteiger charge is 2.02. The molecule has 0 unspecified atom stereocenters. The summed E-state index contributed by atoms with van der Waals surface area (Å²) < 4.78 is 6.25. The second-order valence-corrected chi connectivity index (χ2v) is 4.11. The van der Waals surface area contributed by atoms with E-state index in [9.17, 15) is 4.79 Å².